The normalized spacial score (nSPS) is 17.4. The number of rotatable bonds is 3. The molecule has 10 heteroatoms. The van der Waals surface area contributed by atoms with E-state index in [0.717, 1.165) is 11.1 Å². The van der Waals surface area contributed by atoms with Gasteiger partial charge in [-0.1, -0.05) is 17.7 Å². The van der Waals surface area contributed by atoms with E-state index in [4.69, 9.17) is 16.3 Å². The predicted molar refractivity (Wildman–Crippen MR) is 125 cm³/mol. The maximum absolute atomic E-state index is 13.5. The molecule has 1 N–H and O–H groups in total. The molecule has 1 saturated heterocycles. The van der Waals surface area contributed by atoms with Crippen molar-refractivity contribution in [3.8, 4) is 16.9 Å². The van der Waals surface area contributed by atoms with Crippen molar-refractivity contribution < 1.29 is 19.1 Å². The largest absolute Gasteiger partial charge is 0.496 e. The molecule has 0 saturated carbocycles. The number of ether oxygens (including phenoxy) is 1. The summed E-state index contributed by atoms with van der Waals surface area (Å²) in [5.41, 5.74) is 2.44. The summed E-state index contributed by atoms with van der Waals surface area (Å²) in [5, 5.41) is 3.38. The van der Waals surface area contributed by atoms with Crippen molar-refractivity contribution in [2.45, 2.75) is 6.04 Å². The Morgan fingerprint density at radius 2 is 1.97 bits per heavy atom. The SMILES string of the molecule is COc1ccc(Cl)cc1-c1ccc2c(c1)C(=O)N1CCN(C(=O)c3cnccn3)CC1C(=O)N2. The number of anilines is 1. The summed E-state index contributed by atoms with van der Waals surface area (Å²) in [6.07, 6.45) is 4.31. The molecule has 1 unspecified atom stereocenters. The molecule has 1 atom stereocenters. The number of nitrogens with zero attached hydrogens (tertiary/aromatic N) is 4. The molecule has 3 amide bonds. The fraction of sp³-hybridized carbons (Fsp3) is 0.208. The van der Waals surface area contributed by atoms with Gasteiger partial charge in [0.1, 0.15) is 17.5 Å². The van der Waals surface area contributed by atoms with Crippen LogP contribution in [-0.2, 0) is 4.79 Å². The van der Waals surface area contributed by atoms with Crippen molar-refractivity contribution in [1.29, 1.82) is 0 Å². The lowest BCUT2D eigenvalue weighted by molar-refractivity contribution is -0.121. The van der Waals surface area contributed by atoms with Crippen LogP contribution in [0.1, 0.15) is 20.8 Å². The molecule has 5 rings (SSSR count). The molecule has 34 heavy (non-hydrogen) atoms. The lowest BCUT2D eigenvalue weighted by Crippen LogP contribution is -2.59. The van der Waals surface area contributed by atoms with Crippen LogP contribution in [-0.4, -0.2) is 70.3 Å². The van der Waals surface area contributed by atoms with E-state index in [0.29, 0.717) is 22.0 Å². The van der Waals surface area contributed by atoms with E-state index in [1.165, 1.54) is 28.4 Å². The number of aromatic nitrogens is 2. The fourth-order valence-electron chi connectivity index (χ4n) is 4.28. The highest BCUT2D eigenvalue weighted by Gasteiger charge is 2.40. The van der Waals surface area contributed by atoms with Crippen LogP contribution in [0.3, 0.4) is 0 Å². The minimum absolute atomic E-state index is 0.0654. The zero-order valence-corrected chi connectivity index (χ0v) is 19.0. The van der Waals surface area contributed by atoms with Crippen molar-refractivity contribution in [1.82, 2.24) is 19.8 Å². The van der Waals surface area contributed by atoms with Crippen molar-refractivity contribution in [2.75, 3.05) is 32.1 Å². The van der Waals surface area contributed by atoms with Crippen LogP contribution in [0.4, 0.5) is 5.69 Å². The Morgan fingerprint density at radius 1 is 1.12 bits per heavy atom. The number of amides is 3. The Labute approximate surface area is 200 Å². The minimum atomic E-state index is -0.821. The standard InChI is InChI=1S/C24H20ClN5O4/c1-34-21-5-3-15(25)11-16(21)14-2-4-18-17(10-14)23(32)30-9-8-29(13-20(30)22(31)28-18)24(33)19-12-26-6-7-27-19/h2-7,10-12,20H,8-9,13H2,1H3,(H,28,31). The zero-order chi connectivity index (χ0) is 23.8. The lowest BCUT2D eigenvalue weighted by atomic mass is 10.00. The maximum atomic E-state index is 13.5. The zero-order valence-electron chi connectivity index (χ0n) is 18.2. The van der Waals surface area contributed by atoms with Gasteiger partial charge >= 0.3 is 0 Å². The minimum Gasteiger partial charge on any atom is -0.496 e. The molecule has 0 spiro atoms. The van der Waals surface area contributed by atoms with Crippen molar-refractivity contribution in [2.24, 2.45) is 0 Å². The van der Waals surface area contributed by atoms with Gasteiger partial charge in [-0.05, 0) is 35.9 Å². The monoisotopic (exact) mass is 477 g/mol. The summed E-state index contributed by atoms with van der Waals surface area (Å²) in [5.74, 6) is -0.349. The first kappa shape index (κ1) is 21.8. The van der Waals surface area contributed by atoms with Gasteiger partial charge in [-0.15, -0.1) is 0 Å². The summed E-state index contributed by atoms with van der Waals surface area (Å²) >= 11 is 6.19. The van der Waals surface area contributed by atoms with Gasteiger partial charge in [0, 0.05) is 36.1 Å². The van der Waals surface area contributed by atoms with Crippen LogP contribution >= 0.6 is 11.6 Å². The first-order valence-electron chi connectivity index (χ1n) is 10.6. The van der Waals surface area contributed by atoms with Crippen LogP contribution in [0.15, 0.2) is 55.0 Å². The molecule has 2 aliphatic rings. The first-order valence-corrected chi connectivity index (χ1v) is 11.0. The number of piperazine rings is 1. The van der Waals surface area contributed by atoms with E-state index < -0.39 is 6.04 Å². The van der Waals surface area contributed by atoms with Crippen LogP contribution in [0, 0.1) is 0 Å². The number of nitrogens with one attached hydrogen (secondary N) is 1. The molecule has 1 fully saturated rings. The smallest absolute Gasteiger partial charge is 0.274 e. The molecular weight excluding hydrogens is 458 g/mol. The molecule has 3 aromatic rings. The molecule has 172 valence electrons. The third-order valence-corrected chi connectivity index (χ3v) is 6.23. The van der Waals surface area contributed by atoms with E-state index in [-0.39, 0.29) is 43.0 Å². The topological polar surface area (TPSA) is 105 Å². The van der Waals surface area contributed by atoms with Gasteiger partial charge in [0.05, 0.1) is 31.1 Å². The Kier molecular flexibility index (Phi) is 5.62. The van der Waals surface area contributed by atoms with Crippen molar-refractivity contribution in [3.05, 3.63) is 71.3 Å². The molecule has 0 bridgehead atoms. The van der Waals surface area contributed by atoms with Gasteiger partial charge < -0.3 is 19.9 Å². The third kappa shape index (κ3) is 3.84. The molecule has 3 heterocycles. The van der Waals surface area contributed by atoms with Gasteiger partial charge in [0.25, 0.3) is 11.8 Å². The number of halogens is 1. The van der Waals surface area contributed by atoms with E-state index >= 15 is 0 Å². The highest BCUT2D eigenvalue weighted by atomic mass is 35.5. The molecular formula is C24H20ClN5O4. The molecule has 0 radical (unpaired) electrons. The Balaban J connectivity index is 1.46. The number of carbonyl (C=O) groups excluding carboxylic acids is 3. The molecule has 0 aliphatic carbocycles. The van der Waals surface area contributed by atoms with Gasteiger partial charge in [0.15, 0.2) is 0 Å². The second-order valence-corrected chi connectivity index (χ2v) is 8.39. The summed E-state index contributed by atoms with van der Waals surface area (Å²) in [6, 6.07) is 9.66. The number of benzene rings is 2. The number of carbonyl (C=O) groups is 3. The summed E-state index contributed by atoms with van der Waals surface area (Å²) in [4.78, 5) is 50.4. The fourth-order valence-corrected chi connectivity index (χ4v) is 4.45. The van der Waals surface area contributed by atoms with E-state index in [1.807, 2.05) is 0 Å². The highest BCUT2D eigenvalue weighted by molar-refractivity contribution is 6.31. The van der Waals surface area contributed by atoms with Crippen molar-refractivity contribution >= 4 is 35.0 Å². The summed E-state index contributed by atoms with van der Waals surface area (Å²) < 4.78 is 5.45. The van der Waals surface area contributed by atoms with E-state index in [2.05, 4.69) is 15.3 Å². The van der Waals surface area contributed by atoms with E-state index in [9.17, 15) is 14.4 Å². The average molecular weight is 478 g/mol. The molecule has 2 aliphatic heterocycles. The van der Waals surface area contributed by atoms with Crippen LogP contribution < -0.4 is 10.1 Å². The van der Waals surface area contributed by atoms with Gasteiger partial charge in [0.2, 0.25) is 5.91 Å². The Morgan fingerprint density at radius 3 is 2.74 bits per heavy atom. The second-order valence-electron chi connectivity index (χ2n) is 7.95. The summed E-state index contributed by atoms with van der Waals surface area (Å²) in [7, 11) is 1.56. The average Bonchev–Trinajstić information content (AvgIpc) is 2.97. The summed E-state index contributed by atoms with van der Waals surface area (Å²) in [6.45, 7) is 0.561. The number of methoxy groups -OCH3 is 1. The maximum Gasteiger partial charge on any atom is 0.274 e. The van der Waals surface area contributed by atoms with Gasteiger partial charge in [-0.3, -0.25) is 19.4 Å². The predicted octanol–water partition coefficient (Wildman–Crippen LogP) is 2.72. The van der Waals surface area contributed by atoms with Crippen LogP contribution in [0.25, 0.3) is 11.1 Å². The van der Waals surface area contributed by atoms with Crippen molar-refractivity contribution in [3.63, 3.8) is 0 Å². The number of hydrogen-bond donors (Lipinski definition) is 1. The highest BCUT2D eigenvalue weighted by Crippen LogP contribution is 2.36. The molecule has 2 aromatic carbocycles. The molecule has 9 nitrogen and oxygen atoms in total. The first-order chi connectivity index (χ1) is 16.5. The molecule has 1 aromatic heterocycles. The Bertz CT molecular complexity index is 1300. The van der Waals surface area contributed by atoms with Crippen LogP contribution in [0.5, 0.6) is 5.75 Å². The Hall–Kier alpha value is -3.98. The number of hydrogen-bond acceptors (Lipinski definition) is 6. The van der Waals surface area contributed by atoms with E-state index in [1.54, 1.807) is 43.5 Å². The van der Waals surface area contributed by atoms with Gasteiger partial charge in [-0.2, -0.15) is 0 Å². The lowest BCUT2D eigenvalue weighted by Gasteiger charge is -2.39. The quantitative estimate of drug-likeness (QED) is 0.622. The second kappa shape index (κ2) is 8.75. The van der Waals surface area contributed by atoms with Gasteiger partial charge in [-0.25, -0.2) is 4.98 Å². The number of fused-ring (bicyclic) bond motifs is 2. The third-order valence-electron chi connectivity index (χ3n) is 5.99. The van der Waals surface area contributed by atoms with Crippen LogP contribution in [0.2, 0.25) is 5.02 Å².